The number of anilines is 2. The van der Waals surface area contributed by atoms with Gasteiger partial charge in [-0.25, -0.2) is 4.79 Å². The van der Waals surface area contributed by atoms with Gasteiger partial charge in [0.1, 0.15) is 0 Å². The molecule has 2 aromatic carbocycles. The molecule has 0 bridgehead atoms. The highest BCUT2D eigenvalue weighted by Crippen LogP contribution is 2.39. The maximum Gasteiger partial charge on any atom is 0.338 e. The van der Waals surface area contributed by atoms with E-state index in [1.807, 2.05) is 13.0 Å². The number of carbonyl (C=O) groups excluding carboxylic acids is 4. The lowest BCUT2D eigenvalue weighted by Crippen LogP contribution is -2.31. The van der Waals surface area contributed by atoms with Crippen LogP contribution >= 0.6 is 0 Å². The Morgan fingerprint density at radius 3 is 2.27 bits per heavy atom. The summed E-state index contributed by atoms with van der Waals surface area (Å²) in [4.78, 5) is 52.6. The van der Waals surface area contributed by atoms with E-state index in [0.29, 0.717) is 42.0 Å². The number of amides is 3. The molecule has 0 aromatic heterocycles. The third-order valence-corrected chi connectivity index (χ3v) is 7.80. The number of allylic oxidation sites excluding steroid dienone is 2. The minimum absolute atomic E-state index is 0.204. The Hall–Kier alpha value is -3.74. The third-order valence-electron chi connectivity index (χ3n) is 7.80. The van der Waals surface area contributed by atoms with Crippen LogP contribution in [0.3, 0.4) is 0 Å². The second kappa shape index (κ2) is 14.1. The number of hydrogen-bond acceptors (Lipinski definition) is 5. The fourth-order valence-electron chi connectivity index (χ4n) is 5.46. The molecule has 7 nitrogen and oxygen atoms in total. The van der Waals surface area contributed by atoms with Crippen LogP contribution in [0.2, 0.25) is 0 Å². The number of unbranched alkanes of at least 4 members (excludes halogenated alkanes) is 7. The largest absolute Gasteiger partial charge is 0.462 e. The first-order valence-corrected chi connectivity index (χ1v) is 14.6. The number of imide groups is 1. The van der Waals surface area contributed by atoms with Crippen molar-refractivity contribution < 1.29 is 23.9 Å². The molecule has 1 aliphatic heterocycles. The predicted molar refractivity (Wildman–Crippen MR) is 156 cm³/mol. The fraction of sp³-hybridized carbons (Fsp3) is 0.455. The first kappa shape index (κ1) is 29.2. The van der Waals surface area contributed by atoms with Gasteiger partial charge in [0.25, 0.3) is 5.91 Å². The first-order chi connectivity index (χ1) is 19.4. The van der Waals surface area contributed by atoms with E-state index in [-0.39, 0.29) is 35.5 Å². The molecule has 2 atom stereocenters. The number of nitrogens with one attached hydrogen (secondary N) is 1. The molecule has 1 saturated heterocycles. The van der Waals surface area contributed by atoms with Crippen LogP contribution in [0.25, 0.3) is 0 Å². The maximum atomic E-state index is 13.1. The van der Waals surface area contributed by atoms with Gasteiger partial charge in [-0.3, -0.25) is 19.3 Å². The van der Waals surface area contributed by atoms with E-state index in [0.717, 1.165) is 18.4 Å². The number of rotatable bonds is 13. The number of hydrogen-bond donors (Lipinski definition) is 1. The first-order valence-electron chi connectivity index (χ1n) is 14.6. The molecule has 0 radical (unpaired) electrons. The number of benzene rings is 2. The average molecular weight is 545 g/mol. The molecule has 3 amide bonds. The zero-order valence-electron chi connectivity index (χ0n) is 23.6. The average Bonchev–Trinajstić information content (AvgIpc) is 3.21. The SMILES string of the molecule is CCCCCCCCCCOC(=O)c1ccc(NC(=O)c2cccc(N3C(=O)[C@H]4CC=C(C)C[C@H]4C3=O)c2)cc1. The summed E-state index contributed by atoms with van der Waals surface area (Å²) < 4.78 is 5.39. The zero-order chi connectivity index (χ0) is 28.5. The van der Waals surface area contributed by atoms with Crippen LogP contribution in [0.5, 0.6) is 0 Å². The molecule has 2 aromatic rings. The van der Waals surface area contributed by atoms with Gasteiger partial charge in [-0.2, -0.15) is 0 Å². The molecule has 1 fully saturated rings. The Balaban J connectivity index is 1.26. The minimum atomic E-state index is -0.376. The smallest absolute Gasteiger partial charge is 0.338 e. The van der Waals surface area contributed by atoms with E-state index < -0.39 is 0 Å². The van der Waals surface area contributed by atoms with Gasteiger partial charge >= 0.3 is 5.97 Å². The van der Waals surface area contributed by atoms with Crippen LogP contribution in [-0.2, 0) is 14.3 Å². The Bertz CT molecular complexity index is 1250. The Morgan fingerprint density at radius 1 is 0.875 bits per heavy atom. The molecule has 0 saturated carbocycles. The standard InChI is InChI=1S/C33H40N2O5/c1-3-4-5-6-7-8-9-10-20-40-33(39)24-15-17-26(18-16-24)34-30(36)25-12-11-13-27(22-25)35-31(37)28-19-14-23(2)21-29(28)32(35)38/h11-18,22,28-29H,3-10,19-21H2,1-2H3,(H,34,36)/t28-,29+/m0/s1. The highest BCUT2D eigenvalue weighted by atomic mass is 16.5. The molecule has 1 N–H and O–H groups in total. The number of fused-ring (bicyclic) bond motifs is 1. The normalized spacial score (nSPS) is 18.4. The van der Waals surface area contributed by atoms with Crippen LogP contribution < -0.4 is 10.2 Å². The number of ether oxygens (including phenoxy) is 1. The highest BCUT2D eigenvalue weighted by molar-refractivity contribution is 6.22. The van der Waals surface area contributed by atoms with E-state index in [1.54, 1.807) is 48.5 Å². The predicted octanol–water partition coefficient (Wildman–Crippen LogP) is 7.08. The van der Waals surface area contributed by atoms with Gasteiger partial charge in [0.15, 0.2) is 0 Å². The minimum Gasteiger partial charge on any atom is -0.462 e. The third kappa shape index (κ3) is 7.26. The molecule has 7 heteroatoms. The number of carbonyl (C=O) groups is 4. The summed E-state index contributed by atoms with van der Waals surface area (Å²) in [5.41, 5.74) is 2.81. The van der Waals surface area contributed by atoms with Crippen molar-refractivity contribution in [3.05, 3.63) is 71.3 Å². The Labute approximate surface area is 237 Å². The van der Waals surface area contributed by atoms with Crippen molar-refractivity contribution in [1.29, 1.82) is 0 Å². The molecule has 1 heterocycles. The van der Waals surface area contributed by atoms with E-state index in [1.165, 1.54) is 43.4 Å². The summed E-state index contributed by atoms with van der Waals surface area (Å²) in [5, 5.41) is 2.82. The molecule has 0 unspecified atom stereocenters. The van der Waals surface area contributed by atoms with Gasteiger partial charge in [0.2, 0.25) is 11.8 Å². The highest BCUT2D eigenvalue weighted by Gasteiger charge is 2.48. The Morgan fingerprint density at radius 2 is 1.55 bits per heavy atom. The summed E-state index contributed by atoms with van der Waals surface area (Å²) in [6, 6.07) is 13.1. The summed E-state index contributed by atoms with van der Waals surface area (Å²) in [7, 11) is 0. The fourth-order valence-corrected chi connectivity index (χ4v) is 5.46. The lowest BCUT2D eigenvalue weighted by atomic mass is 9.82. The lowest BCUT2D eigenvalue weighted by Gasteiger charge is -2.18. The van der Waals surface area contributed by atoms with E-state index in [2.05, 4.69) is 12.2 Å². The van der Waals surface area contributed by atoms with Crippen molar-refractivity contribution in [1.82, 2.24) is 0 Å². The van der Waals surface area contributed by atoms with Gasteiger partial charge in [0, 0.05) is 11.3 Å². The van der Waals surface area contributed by atoms with Gasteiger partial charge < -0.3 is 10.1 Å². The lowest BCUT2D eigenvalue weighted by molar-refractivity contribution is -0.122. The van der Waals surface area contributed by atoms with Crippen molar-refractivity contribution in [2.45, 2.75) is 78.1 Å². The molecule has 2 aliphatic rings. The molecule has 4 rings (SSSR count). The van der Waals surface area contributed by atoms with Gasteiger partial charge in [0.05, 0.1) is 29.7 Å². The number of nitrogens with zero attached hydrogens (tertiary/aromatic N) is 1. The van der Waals surface area contributed by atoms with Crippen LogP contribution in [0.15, 0.2) is 60.2 Å². The van der Waals surface area contributed by atoms with Crippen LogP contribution in [0, 0.1) is 11.8 Å². The molecular formula is C33H40N2O5. The Kier molecular flexibility index (Phi) is 10.3. The van der Waals surface area contributed by atoms with Crippen molar-refractivity contribution in [3.63, 3.8) is 0 Å². The topological polar surface area (TPSA) is 92.8 Å². The monoisotopic (exact) mass is 544 g/mol. The maximum absolute atomic E-state index is 13.1. The quantitative estimate of drug-likeness (QED) is 0.126. The van der Waals surface area contributed by atoms with Crippen LogP contribution in [0.4, 0.5) is 11.4 Å². The van der Waals surface area contributed by atoms with Crippen molar-refractivity contribution in [2.24, 2.45) is 11.8 Å². The zero-order valence-corrected chi connectivity index (χ0v) is 23.6. The van der Waals surface area contributed by atoms with Crippen LogP contribution in [-0.4, -0.2) is 30.3 Å². The summed E-state index contributed by atoms with van der Waals surface area (Å²) in [5.74, 6) is -1.83. The van der Waals surface area contributed by atoms with Crippen molar-refractivity contribution in [2.75, 3.05) is 16.8 Å². The molecular weight excluding hydrogens is 504 g/mol. The van der Waals surface area contributed by atoms with E-state index in [9.17, 15) is 19.2 Å². The van der Waals surface area contributed by atoms with Crippen molar-refractivity contribution in [3.8, 4) is 0 Å². The summed E-state index contributed by atoms with van der Waals surface area (Å²) in [6.07, 6.45) is 12.6. The van der Waals surface area contributed by atoms with E-state index in [4.69, 9.17) is 4.74 Å². The van der Waals surface area contributed by atoms with E-state index >= 15 is 0 Å². The second-order valence-corrected chi connectivity index (χ2v) is 10.9. The van der Waals surface area contributed by atoms with Gasteiger partial charge in [-0.05, 0) is 68.7 Å². The molecule has 0 spiro atoms. The summed E-state index contributed by atoms with van der Waals surface area (Å²) in [6.45, 7) is 4.60. The van der Waals surface area contributed by atoms with Gasteiger partial charge in [-0.1, -0.05) is 69.6 Å². The van der Waals surface area contributed by atoms with Gasteiger partial charge in [-0.15, -0.1) is 0 Å². The molecule has 1 aliphatic carbocycles. The molecule has 212 valence electrons. The molecule has 40 heavy (non-hydrogen) atoms. The second-order valence-electron chi connectivity index (χ2n) is 10.9. The number of esters is 1. The summed E-state index contributed by atoms with van der Waals surface area (Å²) >= 11 is 0. The van der Waals surface area contributed by atoms with Crippen molar-refractivity contribution >= 4 is 35.1 Å². The van der Waals surface area contributed by atoms with Crippen LogP contribution in [0.1, 0.15) is 98.8 Å².